The van der Waals surface area contributed by atoms with Gasteiger partial charge in [0.05, 0.1) is 12.1 Å². The van der Waals surface area contributed by atoms with Gasteiger partial charge in [-0.25, -0.2) is 4.39 Å². The molecule has 0 atom stereocenters. The van der Waals surface area contributed by atoms with E-state index in [2.05, 4.69) is 0 Å². The first-order valence-corrected chi connectivity index (χ1v) is 5.38. The first-order valence-electron chi connectivity index (χ1n) is 5.01. The van der Waals surface area contributed by atoms with Gasteiger partial charge in [-0.15, -0.1) is 0 Å². The maximum atomic E-state index is 13.8. The van der Waals surface area contributed by atoms with E-state index < -0.39 is 5.82 Å². The standard InChI is InChI=1S/C13H11ClFNO/c1-17-10-4-2-8(3-5-10)11-6-9(16)7-12(14)13(11)15/h2-7H,16H2,1H3. The molecule has 0 spiro atoms. The fraction of sp³-hybridized carbons (Fsp3) is 0.0769. The molecular formula is C13H11ClFNO. The van der Waals surface area contributed by atoms with Gasteiger partial charge in [0, 0.05) is 11.3 Å². The predicted molar refractivity (Wildman–Crippen MR) is 67.8 cm³/mol. The van der Waals surface area contributed by atoms with Crippen molar-refractivity contribution in [1.29, 1.82) is 0 Å². The lowest BCUT2D eigenvalue weighted by molar-refractivity contribution is 0.415. The molecule has 0 saturated heterocycles. The number of benzene rings is 2. The second-order valence-corrected chi connectivity index (χ2v) is 4.00. The Balaban J connectivity index is 2.52. The molecule has 2 aromatic carbocycles. The molecule has 0 amide bonds. The van der Waals surface area contributed by atoms with Crippen molar-refractivity contribution < 1.29 is 9.13 Å². The van der Waals surface area contributed by atoms with Crippen molar-refractivity contribution in [3.8, 4) is 16.9 Å². The van der Waals surface area contributed by atoms with Gasteiger partial charge in [0.15, 0.2) is 0 Å². The highest BCUT2D eigenvalue weighted by atomic mass is 35.5. The molecule has 0 bridgehead atoms. The number of hydrogen-bond donors (Lipinski definition) is 1. The zero-order valence-electron chi connectivity index (χ0n) is 9.21. The van der Waals surface area contributed by atoms with Crippen molar-refractivity contribution >= 4 is 17.3 Å². The second kappa shape index (κ2) is 4.63. The Morgan fingerprint density at radius 3 is 2.41 bits per heavy atom. The highest BCUT2D eigenvalue weighted by molar-refractivity contribution is 6.31. The molecule has 0 aromatic heterocycles. The zero-order chi connectivity index (χ0) is 12.4. The number of halogens is 2. The topological polar surface area (TPSA) is 35.2 Å². The summed E-state index contributed by atoms with van der Waals surface area (Å²) in [6.07, 6.45) is 0. The quantitative estimate of drug-likeness (QED) is 0.826. The van der Waals surface area contributed by atoms with Crippen LogP contribution in [0, 0.1) is 5.82 Å². The van der Waals surface area contributed by atoms with Gasteiger partial charge in [0.1, 0.15) is 11.6 Å². The highest BCUT2D eigenvalue weighted by Crippen LogP contribution is 2.31. The van der Waals surface area contributed by atoms with Gasteiger partial charge in [-0.2, -0.15) is 0 Å². The summed E-state index contributed by atoms with van der Waals surface area (Å²) in [6.45, 7) is 0. The summed E-state index contributed by atoms with van der Waals surface area (Å²) in [5, 5.41) is 0.0239. The monoisotopic (exact) mass is 251 g/mol. The smallest absolute Gasteiger partial charge is 0.149 e. The molecule has 0 aliphatic rings. The number of hydrogen-bond acceptors (Lipinski definition) is 2. The normalized spacial score (nSPS) is 10.3. The number of ether oxygens (including phenoxy) is 1. The number of rotatable bonds is 2. The summed E-state index contributed by atoms with van der Waals surface area (Å²) in [4.78, 5) is 0. The summed E-state index contributed by atoms with van der Waals surface area (Å²) in [5.41, 5.74) is 7.17. The largest absolute Gasteiger partial charge is 0.497 e. The molecule has 0 heterocycles. The molecule has 2 N–H and O–H groups in total. The van der Waals surface area contributed by atoms with E-state index in [-0.39, 0.29) is 5.02 Å². The molecule has 0 radical (unpaired) electrons. The molecule has 0 aliphatic carbocycles. The van der Waals surface area contributed by atoms with Gasteiger partial charge in [-0.1, -0.05) is 23.7 Å². The predicted octanol–water partition coefficient (Wildman–Crippen LogP) is 3.74. The minimum Gasteiger partial charge on any atom is -0.497 e. The van der Waals surface area contributed by atoms with Crippen molar-refractivity contribution in [2.45, 2.75) is 0 Å². The molecule has 0 unspecified atom stereocenters. The first-order chi connectivity index (χ1) is 8.11. The maximum Gasteiger partial charge on any atom is 0.149 e. The Morgan fingerprint density at radius 2 is 1.82 bits per heavy atom. The Bertz CT molecular complexity index is 540. The van der Waals surface area contributed by atoms with Gasteiger partial charge >= 0.3 is 0 Å². The van der Waals surface area contributed by atoms with Crippen LogP contribution in [0.5, 0.6) is 5.75 Å². The van der Waals surface area contributed by atoms with Crippen LogP contribution in [0.3, 0.4) is 0 Å². The van der Waals surface area contributed by atoms with E-state index in [4.69, 9.17) is 22.1 Å². The van der Waals surface area contributed by atoms with Crippen molar-refractivity contribution in [2.24, 2.45) is 0 Å². The van der Waals surface area contributed by atoms with Crippen LogP contribution in [0.25, 0.3) is 11.1 Å². The molecule has 4 heteroatoms. The van der Waals surface area contributed by atoms with Crippen molar-refractivity contribution in [1.82, 2.24) is 0 Å². The van der Waals surface area contributed by atoms with Crippen LogP contribution < -0.4 is 10.5 Å². The van der Waals surface area contributed by atoms with Crippen LogP contribution in [0.1, 0.15) is 0 Å². The fourth-order valence-electron chi connectivity index (χ4n) is 1.59. The Morgan fingerprint density at radius 1 is 1.18 bits per heavy atom. The van der Waals surface area contributed by atoms with Crippen LogP contribution in [-0.2, 0) is 0 Å². The van der Waals surface area contributed by atoms with E-state index >= 15 is 0 Å². The summed E-state index contributed by atoms with van der Waals surface area (Å²) < 4.78 is 18.9. The lowest BCUT2D eigenvalue weighted by Crippen LogP contribution is -1.91. The van der Waals surface area contributed by atoms with Crippen LogP contribution in [0.2, 0.25) is 5.02 Å². The fourth-order valence-corrected chi connectivity index (χ4v) is 1.82. The number of nitrogen functional groups attached to an aromatic ring is 1. The Labute approximate surface area is 104 Å². The van der Waals surface area contributed by atoms with E-state index in [1.807, 2.05) is 0 Å². The number of methoxy groups -OCH3 is 1. The van der Waals surface area contributed by atoms with E-state index in [0.717, 1.165) is 0 Å². The molecule has 0 saturated carbocycles. The second-order valence-electron chi connectivity index (χ2n) is 3.59. The number of anilines is 1. The van der Waals surface area contributed by atoms with Gasteiger partial charge < -0.3 is 10.5 Å². The van der Waals surface area contributed by atoms with Crippen LogP contribution in [0.15, 0.2) is 36.4 Å². The van der Waals surface area contributed by atoms with E-state index in [1.165, 1.54) is 6.07 Å². The first kappa shape index (κ1) is 11.7. The average molecular weight is 252 g/mol. The summed E-state index contributed by atoms with van der Waals surface area (Å²) in [6, 6.07) is 9.98. The van der Waals surface area contributed by atoms with E-state index in [9.17, 15) is 4.39 Å². The molecule has 0 fully saturated rings. The minimum atomic E-state index is -0.467. The average Bonchev–Trinajstić information content (AvgIpc) is 2.34. The molecule has 2 aromatic rings. The van der Waals surface area contributed by atoms with Gasteiger partial charge in [-0.3, -0.25) is 0 Å². The Hall–Kier alpha value is -1.74. The van der Waals surface area contributed by atoms with Crippen LogP contribution in [0.4, 0.5) is 10.1 Å². The van der Waals surface area contributed by atoms with Crippen molar-refractivity contribution in [3.63, 3.8) is 0 Å². The van der Waals surface area contributed by atoms with Crippen LogP contribution >= 0.6 is 11.6 Å². The molecule has 2 rings (SSSR count). The molecule has 2 nitrogen and oxygen atoms in total. The lowest BCUT2D eigenvalue weighted by Gasteiger charge is -2.07. The third-order valence-corrected chi connectivity index (χ3v) is 2.73. The SMILES string of the molecule is COc1ccc(-c2cc(N)cc(Cl)c2F)cc1. The van der Waals surface area contributed by atoms with E-state index in [1.54, 1.807) is 37.4 Å². The van der Waals surface area contributed by atoms with Crippen molar-refractivity contribution in [2.75, 3.05) is 12.8 Å². The molecule has 0 aliphatic heterocycles. The third kappa shape index (κ3) is 2.34. The van der Waals surface area contributed by atoms with Gasteiger partial charge in [-0.05, 0) is 29.8 Å². The molecule has 88 valence electrons. The van der Waals surface area contributed by atoms with Crippen molar-refractivity contribution in [3.05, 3.63) is 47.2 Å². The van der Waals surface area contributed by atoms with E-state index in [0.29, 0.717) is 22.6 Å². The maximum absolute atomic E-state index is 13.8. The third-order valence-electron chi connectivity index (χ3n) is 2.45. The molecular weight excluding hydrogens is 241 g/mol. The Kier molecular flexibility index (Phi) is 3.20. The number of nitrogens with two attached hydrogens (primary N) is 1. The van der Waals surface area contributed by atoms with Gasteiger partial charge in [0.2, 0.25) is 0 Å². The van der Waals surface area contributed by atoms with Crippen LogP contribution in [-0.4, -0.2) is 7.11 Å². The van der Waals surface area contributed by atoms with Gasteiger partial charge in [0.25, 0.3) is 0 Å². The lowest BCUT2D eigenvalue weighted by atomic mass is 10.0. The minimum absolute atomic E-state index is 0.0239. The molecule has 17 heavy (non-hydrogen) atoms. The summed E-state index contributed by atoms with van der Waals surface area (Å²) >= 11 is 5.75. The summed E-state index contributed by atoms with van der Waals surface area (Å²) in [7, 11) is 1.58. The zero-order valence-corrected chi connectivity index (χ0v) is 9.96. The summed E-state index contributed by atoms with van der Waals surface area (Å²) in [5.74, 6) is 0.246. The highest BCUT2D eigenvalue weighted by Gasteiger charge is 2.10.